The highest BCUT2D eigenvalue weighted by Crippen LogP contribution is 1.99. The van der Waals surface area contributed by atoms with Crippen molar-refractivity contribution in [2.24, 2.45) is 5.18 Å². The maximum absolute atomic E-state index is 10.8. The molecule has 0 rings (SSSR count). The molecule has 6 nitrogen and oxygen atoms in total. The number of ketones is 1. The van der Waals surface area contributed by atoms with Crippen LogP contribution in [0.4, 0.5) is 0 Å². The molecule has 0 saturated carbocycles. The summed E-state index contributed by atoms with van der Waals surface area (Å²) in [4.78, 5) is 40.7. The molecule has 1 amide bonds. The van der Waals surface area contributed by atoms with Gasteiger partial charge in [-0.25, -0.2) is 0 Å². The van der Waals surface area contributed by atoms with Gasteiger partial charge in [0.2, 0.25) is 0 Å². The van der Waals surface area contributed by atoms with Crippen molar-refractivity contribution in [1.82, 2.24) is 0 Å². The number of carboxylic acid groups (broad SMARTS) is 1. The quantitative estimate of drug-likeness (QED) is 0.610. The lowest BCUT2D eigenvalue weighted by Crippen LogP contribution is -2.05. The average molecular weight is 187 g/mol. The van der Waals surface area contributed by atoms with Crippen LogP contribution in [-0.2, 0) is 14.4 Å². The van der Waals surface area contributed by atoms with Crippen LogP contribution in [-0.4, -0.2) is 22.8 Å². The molecular formula is C7H9NO5. The highest BCUT2D eigenvalue weighted by molar-refractivity contribution is 5.86. The van der Waals surface area contributed by atoms with Gasteiger partial charge in [0.05, 0.1) is 6.42 Å². The van der Waals surface area contributed by atoms with Gasteiger partial charge in [0.1, 0.15) is 5.78 Å². The Morgan fingerprint density at radius 2 is 1.54 bits per heavy atom. The van der Waals surface area contributed by atoms with Crippen molar-refractivity contribution in [3.8, 4) is 0 Å². The first kappa shape index (κ1) is 11.4. The molecule has 0 spiro atoms. The number of carbonyl (C=O) groups excluding carboxylic acids is 2. The van der Waals surface area contributed by atoms with Crippen LogP contribution in [0.2, 0.25) is 0 Å². The Balaban J connectivity index is 3.57. The van der Waals surface area contributed by atoms with E-state index < -0.39 is 11.9 Å². The van der Waals surface area contributed by atoms with Crippen LogP contribution in [0, 0.1) is 4.91 Å². The normalized spacial score (nSPS) is 9.23. The van der Waals surface area contributed by atoms with Crippen molar-refractivity contribution in [1.29, 1.82) is 0 Å². The largest absolute Gasteiger partial charge is 0.481 e. The molecule has 0 saturated heterocycles. The fourth-order valence-electron chi connectivity index (χ4n) is 0.663. The standard InChI is InChI=1S/C7H9NO5/c9-5(2-4-7(11)12)1-3-6(10)8-13/h1-4H2,(H,11,12). The van der Waals surface area contributed by atoms with Crippen molar-refractivity contribution >= 4 is 17.7 Å². The molecule has 6 heteroatoms. The van der Waals surface area contributed by atoms with Crippen LogP contribution < -0.4 is 0 Å². The number of carbonyl (C=O) groups is 3. The van der Waals surface area contributed by atoms with Gasteiger partial charge in [-0.05, 0) is 0 Å². The Kier molecular flexibility index (Phi) is 5.25. The lowest BCUT2D eigenvalue weighted by atomic mass is 10.1. The summed E-state index contributed by atoms with van der Waals surface area (Å²) < 4.78 is 0. The van der Waals surface area contributed by atoms with Gasteiger partial charge >= 0.3 is 5.97 Å². The number of aliphatic carboxylic acids is 1. The van der Waals surface area contributed by atoms with Gasteiger partial charge < -0.3 is 5.11 Å². The van der Waals surface area contributed by atoms with Crippen LogP contribution in [0.1, 0.15) is 25.7 Å². The van der Waals surface area contributed by atoms with E-state index in [4.69, 9.17) is 5.11 Å². The van der Waals surface area contributed by atoms with E-state index in [1.165, 1.54) is 0 Å². The van der Waals surface area contributed by atoms with Gasteiger partial charge in [0.25, 0.3) is 5.91 Å². The third kappa shape index (κ3) is 6.79. The molecule has 0 aromatic rings. The molecule has 0 unspecified atom stereocenters. The zero-order chi connectivity index (χ0) is 10.3. The molecular weight excluding hydrogens is 178 g/mol. The Morgan fingerprint density at radius 1 is 1.00 bits per heavy atom. The number of amides is 1. The third-order valence-electron chi connectivity index (χ3n) is 1.34. The van der Waals surface area contributed by atoms with Crippen LogP contribution in [0.5, 0.6) is 0 Å². The highest BCUT2D eigenvalue weighted by atomic mass is 16.4. The summed E-state index contributed by atoms with van der Waals surface area (Å²) in [6, 6.07) is 0. The van der Waals surface area contributed by atoms with Crippen molar-refractivity contribution in [3.05, 3.63) is 4.91 Å². The molecule has 0 heterocycles. The molecule has 0 aromatic carbocycles. The summed E-state index contributed by atoms with van der Waals surface area (Å²) in [6.45, 7) is 0. The Morgan fingerprint density at radius 3 is 2.00 bits per heavy atom. The van der Waals surface area contributed by atoms with E-state index in [0.29, 0.717) is 0 Å². The van der Waals surface area contributed by atoms with Gasteiger partial charge in [0, 0.05) is 24.4 Å². The molecule has 0 atom stereocenters. The van der Waals surface area contributed by atoms with Crippen molar-refractivity contribution < 1.29 is 19.5 Å². The molecule has 72 valence electrons. The summed E-state index contributed by atoms with van der Waals surface area (Å²) in [6.07, 6.45) is -0.706. The average Bonchev–Trinajstić information content (AvgIpc) is 2.10. The van der Waals surface area contributed by atoms with Crippen molar-refractivity contribution in [3.63, 3.8) is 0 Å². The predicted molar refractivity (Wildman–Crippen MR) is 41.9 cm³/mol. The van der Waals surface area contributed by atoms with Gasteiger partial charge in [-0.1, -0.05) is 0 Å². The molecule has 0 bridgehead atoms. The van der Waals surface area contributed by atoms with E-state index in [1.807, 2.05) is 0 Å². The minimum atomic E-state index is -1.06. The van der Waals surface area contributed by atoms with Gasteiger partial charge in [-0.15, -0.1) is 4.91 Å². The SMILES string of the molecule is O=NC(=O)CCC(=O)CCC(=O)O. The lowest BCUT2D eigenvalue weighted by molar-refractivity contribution is -0.138. The predicted octanol–water partition coefficient (Wildman–Crippen LogP) is 0.493. The first-order valence-corrected chi connectivity index (χ1v) is 3.66. The van der Waals surface area contributed by atoms with Crippen LogP contribution >= 0.6 is 0 Å². The van der Waals surface area contributed by atoms with E-state index in [9.17, 15) is 19.3 Å². The molecule has 1 N–H and O–H groups in total. The Labute approximate surface area is 73.9 Å². The molecule has 0 aromatic heterocycles. The van der Waals surface area contributed by atoms with E-state index in [-0.39, 0.29) is 31.5 Å². The van der Waals surface area contributed by atoms with Crippen molar-refractivity contribution in [2.45, 2.75) is 25.7 Å². The fraction of sp³-hybridized carbons (Fsp3) is 0.571. The second-order valence-electron chi connectivity index (χ2n) is 2.42. The van der Waals surface area contributed by atoms with E-state index >= 15 is 0 Å². The summed E-state index contributed by atoms with van der Waals surface area (Å²) in [5.41, 5.74) is 0. The third-order valence-corrected chi connectivity index (χ3v) is 1.34. The topological polar surface area (TPSA) is 101 Å². The number of carboxylic acids is 1. The minimum Gasteiger partial charge on any atom is -0.481 e. The number of nitroso groups, excluding NO2 is 1. The minimum absolute atomic E-state index is 0.110. The van der Waals surface area contributed by atoms with Gasteiger partial charge in [-0.2, -0.15) is 0 Å². The fourth-order valence-corrected chi connectivity index (χ4v) is 0.663. The second-order valence-corrected chi connectivity index (χ2v) is 2.42. The number of hydrogen-bond acceptors (Lipinski definition) is 4. The summed E-state index contributed by atoms with van der Waals surface area (Å²) in [5, 5.41) is 10.3. The van der Waals surface area contributed by atoms with Crippen LogP contribution in [0.3, 0.4) is 0 Å². The summed E-state index contributed by atoms with van der Waals surface area (Å²) in [7, 11) is 0. The molecule has 0 aliphatic carbocycles. The van der Waals surface area contributed by atoms with Gasteiger partial charge in [-0.3, -0.25) is 14.4 Å². The number of rotatable bonds is 6. The molecule has 13 heavy (non-hydrogen) atoms. The van der Waals surface area contributed by atoms with E-state index in [0.717, 1.165) is 0 Å². The second kappa shape index (κ2) is 5.99. The first-order valence-electron chi connectivity index (χ1n) is 3.66. The van der Waals surface area contributed by atoms with Crippen molar-refractivity contribution in [2.75, 3.05) is 0 Å². The zero-order valence-electron chi connectivity index (χ0n) is 6.86. The smallest absolute Gasteiger partial charge is 0.303 e. The number of Topliss-reactive ketones (excluding diaryl/α,β-unsaturated/α-hetero) is 1. The van der Waals surface area contributed by atoms with E-state index in [1.54, 1.807) is 0 Å². The number of hydrogen-bond donors (Lipinski definition) is 1. The highest BCUT2D eigenvalue weighted by Gasteiger charge is 2.08. The van der Waals surface area contributed by atoms with Gasteiger partial charge in [0.15, 0.2) is 0 Å². The maximum Gasteiger partial charge on any atom is 0.303 e. The summed E-state index contributed by atoms with van der Waals surface area (Å²) in [5.74, 6) is -2.30. The first-order chi connectivity index (χ1) is 6.06. The monoisotopic (exact) mass is 187 g/mol. The molecule has 0 fully saturated rings. The Hall–Kier alpha value is -1.59. The molecule has 0 aliphatic heterocycles. The number of nitrogens with zero attached hydrogens (tertiary/aromatic N) is 1. The molecule has 0 radical (unpaired) electrons. The molecule has 0 aliphatic rings. The Bertz CT molecular complexity index is 235. The summed E-state index contributed by atoms with van der Waals surface area (Å²) >= 11 is 0. The van der Waals surface area contributed by atoms with Crippen LogP contribution in [0.15, 0.2) is 5.18 Å². The van der Waals surface area contributed by atoms with Crippen LogP contribution in [0.25, 0.3) is 0 Å². The van der Waals surface area contributed by atoms with E-state index in [2.05, 4.69) is 5.18 Å². The maximum atomic E-state index is 10.8. The lowest BCUT2D eigenvalue weighted by Gasteiger charge is -1.94. The zero-order valence-corrected chi connectivity index (χ0v) is 6.86.